The van der Waals surface area contributed by atoms with E-state index in [1.165, 1.54) is 28.9 Å². The quantitative estimate of drug-likeness (QED) is 0.403. The molecule has 4 rings (SSSR count). The third kappa shape index (κ3) is 4.32. The highest BCUT2D eigenvalue weighted by Gasteiger charge is 2.19. The molecular weight excluding hydrogens is 377 g/mol. The average Bonchev–Trinajstić information content (AvgIpc) is 3.17. The average molecular weight is 395 g/mol. The van der Waals surface area contributed by atoms with Crippen LogP contribution in [-0.4, -0.2) is 29.3 Å². The minimum Gasteiger partial charge on any atom is -0.359 e. The molecule has 10 heteroatoms. The van der Waals surface area contributed by atoms with Gasteiger partial charge in [0.1, 0.15) is 23.4 Å². The van der Waals surface area contributed by atoms with Gasteiger partial charge in [-0.3, -0.25) is 19.5 Å². The predicted octanol–water partition coefficient (Wildman–Crippen LogP) is 3.87. The number of hydrogen-bond acceptors (Lipinski definition) is 7. The van der Waals surface area contributed by atoms with Crippen LogP contribution in [0.5, 0.6) is 0 Å². The Kier molecular flexibility index (Phi) is 6.03. The van der Waals surface area contributed by atoms with Gasteiger partial charge in [0.2, 0.25) is 5.82 Å². The summed E-state index contributed by atoms with van der Waals surface area (Å²) in [6, 6.07) is 8.19. The van der Waals surface area contributed by atoms with Crippen molar-refractivity contribution < 1.29 is 9.31 Å². The lowest BCUT2D eigenvalue weighted by molar-refractivity contribution is -0.384. The molecule has 0 aliphatic carbocycles. The van der Waals surface area contributed by atoms with E-state index in [0.717, 1.165) is 6.20 Å². The van der Waals surface area contributed by atoms with Crippen LogP contribution in [0.4, 0.5) is 15.9 Å². The van der Waals surface area contributed by atoms with Gasteiger partial charge < -0.3 is 5.32 Å². The largest absolute Gasteiger partial charge is 0.359 e. The number of hydrogen-bond donors (Lipinski definition) is 1. The van der Waals surface area contributed by atoms with Crippen LogP contribution >= 0.6 is 0 Å². The zero-order valence-corrected chi connectivity index (χ0v) is 15.8. The summed E-state index contributed by atoms with van der Waals surface area (Å²) in [5.41, 5.74) is 1.36. The van der Waals surface area contributed by atoms with Crippen LogP contribution in [0.3, 0.4) is 0 Å². The Bertz CT molecular complexity index is 1130. The zero-order valence-electron chi connectivity index (χ0n) is 15.8. The molecule has 9 nitrogen and oxygen atoms in total. The SMILES string of the molecule is CC.O=[N+]([O-])c1cnc(-c2cnc3ccc(F)cn23)nc1NCc1ccccn1. The third-order valence-corrected chi connectivity index (χ3v) is 3.83. The molecule has 29 heavy (non-hydrogen) atoms. The summed E-state index contributed by atoms with van der Waals surface area (Å²) in [5.74, 6) is -0.221. The summed E-state index contributed by atoms with van der Waals surface area (Å²) in [5, 5.41) is 14.2. The molecule has 0 amide bonds. The van der Waals surface area contributed by atoms with Crippen molar-refractivity contribution in [3.05, 3.63) is 76.7 Å². The molecule has 4 aromatic heterocycles. The lowest BCUT2D eigenvalue weighted by Gasteiger charge is -2.07. The number of nitro groups is 1. The summed E-state index contributed by atoms with van der Waals surface area (Å²) in [6.45, 7) is 4.25. The van der Waals surface area contributed by atoms with E-state index in [4.69, 9.17) is 0 Å². The third-order valence-electron chi connectivity index (χ3n) is 3.83. The fourth-order valence-corrected chi connectivity index (χ4v) is 2.56. The molecule has 0 unspecified atom stereocenters. The fraction of sp³-hybridized carbons (Fsp3) is 0.158. The highest BCUT2D eigenvalue weighted by molar-refractivity contribution is 5.63. The Balaban J connectivity index is 0.00000117. The van der Waals surface area contributed by atoms with E-state index in [-0.39, 0.29) is 23.9 Å². The van der Waals surface area contributed by atoms with Crippen molar-refractivity contribution in [2.75, 3.05) is 5.32 Å². The Labute approximate surface area is 165 Å². The molecule has 1 N–H and O–H groups in total. The van der Waals surface area contributed by atoms with Gasteiger partial charge in [-0.1, -0.05) is 19.9 Å². The number of rotatable bonds is 5. The van der Waals surface area contributed by atoms with Gasteiger partial charge >= 0.3 is 5.69 Å². The van der Waals surface area contributed by atoms with Crippen molar-refractivity contribution in [3.8, 4) is 11.5 Å². The molecule has 4 aromatic rings. The Morgan fingerprint density at radius 2 is 1.97 bits per heavy atom. The van der Waals surface area contributed by atoms with Gasteiger partial charge in [0.15, 0.2) is 5.82 Å². The van der Waals surface area contributed by atoms with Crippen LogP contribution in [0, 0.1) is 15.9 Å². The number of anilines is 1. The van der Waals surface area contributed by atoms with Crippen LogP contribution in [0.2, 0.25) is 0 Å². The maximum absolute atomic E-state index is 13.6. The Morgan fingerprint density at radius 3 is 2.69 bits per heavy atom. The predicted molar refractivity (Wildman–Crippen MR) is 106 cm³/mol. The van der Waals surface area contributed by atoms with Crippen molar-refractivity contribution in [2.24, 2.45) is 0 Å². The molecule has 0 saturated heterocycles. The van der Waals surface area contributed by atoms with Crippen molar-refractivity contribution in [2.45, 2.75) is 20.4 Å². The standard InChI is InChI=1S/C17H12FN7O2.C2H6/c18-11-4-5-15-20-8-13(24(15)10-11)16-22-9-14(25(26)27)17(23-16)21-7-12-3-1-2-6-19-12;1-2/h1-6,8-10H,7H2,(H,21,22,23);1-2H3. The van der Waals surface area contributed by atoms with Gasteiger partial charge in [-0.2, -0.15) is 0 Å². The number of aromatic nitrogens is 5. The van der Waals surface area contributed by atoms with E-state index in [0.29, 0.717) is 17.0 Å². The van der Waals surface area contributed by atoms with Gasteiger partial charge in [0, 0.05) is 12.4 Å². The summed E-state index contributed by atoms with van der Waals surface area (Å²) in [4.78, 5) is 27.4. The minimum atomic E-state index is -0.571. The zero-order chi connectivity index (χ0) is 20.8. The summed E-state index contributed by atoms with van der Waals surface area (Å²) < 4.78 is 15.1. The number of nitrogens with one attached hydrogen (secondary N) is 1. The maximum atomic E-state index is 13.6. The summed E-state index contributed by atoms with van der Waals surface area (Å²) in [7, 11) is 0. The van der Waals surface area contributed by atoms with Gasteiger partial charge in [0.05, 0.1) is 23.4 Å². The van der Waals surface area contributed by atoms with E-state index < -0.39 is 10.7 Å². The van der Waals surface area contributed by atoms with E-state index in [1.807, 2.05) is 19.9 Å². The van der Waals surface area contributed by atoms with Crippen LogP contribution < -0.4 is 5.32 Å². The van der Waals surface area contributed by atoms with E-state index >= 15 is 0 Å². The second-order valence-corrected chi connectivity index (χ2v) is 5.58. The number of nitrogens with zero attached hydrogens (tertiary/aromatic N) is 6. The molecule has 0 atom stereocenters. The molecule has 0 aliphatic rings. The molecule has 0 radical (unpaired) electrons. The molecular formula is C19H18FN7O2. The smallest absolute Gasteiger partial charge is 0.329 e. The second-order valence-electron chi connectivity index (χ2n) is 5.58. The number of fused-ring (bicyclic) bond motifs is 1. The fourth-order valence-electron chi connectivity index (χ4n) is 2.56. The monoisotopic (exact) mass is 395 g/mol. The Morgan fingerprint density at radius 1 is 1.14 bits per heavy atom. The van der Waals surface area contributed by atoms with E-state index in [1.54, 1.807) is 18.3 Å². The van der Waals surface area contributed by atoms with Crippen LogP contribution in [0.1, 0.15) is 19.5 Å². The van der Waals surface area contributed by atoms with E-state index in [9.17, 15) is 14.5 Å². The molecule has 0 aliphatic heterocycles. The lowest BCUT2D eigenvalue weighted by atomic mass is 10.3. The van der Waals surface area contributed by atoms with E-state index in [2.05, 4.69) is 25.3 Å². The van der Waals surface area contributed by atoms with Crippen LogP contribution in [0.15, 0.2) is 55.1 Å². The first-order chi connectivity index (χ1) is 14.1. The van der Waals surface area contributed by atoms with Crippen LogP contribution in [0.25, 0.3) is 17.2 Å². The first-order valence-corrected chi connectivity index (χ1v) is 8.90. The summed E-state index contributed by atoms with van der Waals surface area (Å²) >= 11 is 0. The highest BCUT2D eigenvalue weighted by Crippen LogP contribution is 2.25. The molecule has 0 aromatic carbocycles. The molecule has 148 valence electrons. The van der Waals surface area contributed by atoms with Crippen molar-refractivity contribution in [1.82, 2.24) is 24.3 Å². The normalized spacial score (nSPS) is 10.3. The van der Waals surface area contributed by atoms with Crippen molar-refractivity contribution in [1.29, 1.82) is 0 Å². The first kappa shape index (κ1) is 19.8. The summed E-state index contributed by atoms with van der Waals surface area (Å²) in [6.07, 6.45) is 5.48. The minimum absolute atomic E-state index is 0.0435. The second kappa shape index (κ2) is 8.83. The van der Waals surface area contributed by atoms with Gasteiger partial charge in [0.25, 0.3) is 0 Å². The number of imidazole rings is 1. The van der Waals surface area contributed by atoms with Gasteiger partial charge in [-0.05, 0) is 24.3 Å². The molecule has 0 fully saturated rings. The van der Waals surface area contributed by atoms with Crippen molar-refractivity contribution in [3.63, 3.8) is 0 Å². The molecule has 0 saturated carbocycles. The Hall–Kier alpha value is -3.95. The van der Waals surface area contributed by atoms with Crippen molar-refractivity contribution >= 4 is 17.2 Å². The topological polar surface area (TPSA) is 111 Å². The number of halogens is 1. The molecule has 4 heterocycles. The highest BCUT2D eigenvalue weighted by atomic mass is 19.1. The van der Waals surface area contributed by atoms with Gasteiger partial charge in [-0.15, -0.1) is 0 Å². The number of pyridine rings is 2. The lowest BCUT2D eigenvalue weighted by Crippen LogP contribution is -2.07. The molecule has 0 spiro atoms. The molecule has 0 bridgehead atoms. The van der Waals surface area contributed by atoms with Crippen LogP contribution in [-0.2, 0) is 6.54 Å². The maximum Gasteiger partial charge on any atom is 0.329 e. The van der Waals surface area contributed by atoms with Gasteiger partial charge in [-0.25, -0.2) is 19.3 Å². The first-order valence-electron chi connectivity index (χ1n) is 8.90.